The Balaban J connectivity index is 1.70. The second-order valence-electron chi connectivity index (χ2n) is 8.05. The minimum atomic E-state index is -0.409. The molecule has 176 valence electrons. The molecule has 0 amide bonds. The number of hydrogen-bond donors (Lipinski definition) is 0. The van der Waals surface area contributed by atoms with Gasteiger partial charge in [-0.3, -0.25) is 9.78 Å². The van der Waals surface area contributed by atoms with Gasteiger partial charge in [0.05, 0.1) is 29.7 Å². The zero-order valence-electron chi connectivity index (χ0n) is 18.8. The lowest BCUT2D eigenvalue weighted by molar-refractivity contribution is -0.135. The van der Waals surface area contributed by atoms with E-state index >= 15 is 0 Å². The molecule has 0 radical (unpaired) electrons. The van der Waals surface area contributed by atoms with Crippen molar-refractivity contribution in [3.05, 3.63) is 87.7 Å². The van der Waals surface area contributed by atoms with Crippen LogP contribution >= 0.6 is 23.2 Å². The standard InChI is InChI=1S/C27H25Cl2NO4/c1-32-24-12-11-19(14-26(24)33-20-9-5-6-10-20)25(15-21-22(28)16-30-17-23(21)29)34-27(31)13-18-7-3-2-4-8-18/h2-4,7-8,11-12,14-17,20H,5-6,9-10,13H2,1H3. The lowest BCUT2D eigenvalue weighted by atomic mass is 10.1. The first-order valence-electron chi connectivity index (χ1n) is 11.1. The van der Waals surface area contributed by atoms with E-state index in [-0.39, 0.29) is 12.5 Å². The molecule has 0 bridgehead atoms. The number of carbonyl (C=O) groups excluding carboxylic acids is 1. The number of halogens is 2. The van der Waals surface area contributed by atoms with Gasteiger partial charge in [0.15, 0.2) is 11.5 Å². The number of aromatic nitrogens is 1. The van der Waals surface area contributed by atoms with Crippen molar-refractivity contribution in [2.45, 2.75) is 38.2 Å². The molecule has 4 rings (SSSR count). The van der Waals surface area contributed by atoms with Crippen molar-refractivity contribution < 1.29 is 19.0 Å². The molecule has 0 saturated heterocycles. The van der Waals surface area contributed by atoms with Crippen molar-refractivity contribution in [1.29, 1.82) is 0 Å². The highest BCUT2D eigenvalue weighted by atomic mass is 35.5. The maximum atomic E-state index is 12.8. The molecule has 1 aliphatic rings. The van der Waals surface area contributed by atoms with Gasteiger partial charge in [-0.2, -0.15) is 0 Å². The molecule has 0 atom stereocenters. The van der Waals surface area contributed by atoms with Crippen LogP contribution in [0.1, 0.15) is 42.4 Å². The van der Waals surface area contributed by atoms with E-state index in [4.69, 9.17) is 37.4 Å². The van der Waals surface area contributed by atoms with Crippen LogP contribution in [0.5, 0.6) is 11.5 Å². The number of carbonyl (C=O) groups is 1. The van der Waals surface area contributed by atoms with Gasteiger partial charge in [0.2, 0.25) is 0 Å². The van der Waals surface area contributed by atoms with E-state index in [1.54, 1.807) is 19.3 Å². The summed E-state index contributed by atoms with van der Waals surface area (Å²) in [5.41, 5.74) is 2.00. The highest BCUT2D eigenvalue weighted by Gasteiger charge is 2.20. The lowest BCUT2D eigenvalue weighted by Gasteiger charge is -2.18. The number of rotatable bonds is 8. The highest BCUT2D eigenvalue weighted by molar-refractivity contribution is 6.37. The zero-order valence-corrected chi connectivity index (χ0v) is 20.3. The number of esters is 1. The fourth-order valence-corrected chi connectivity index (χ4v) is 4.36. The Morgan fingerprint density at radius 1 is 1.03 bits per heavy atom. The molecule has 0 aliphatic heterocycles. The summed E-state index contributed by atoms with van der Waals surface area (Å²) in [5, 5.41) is 0.695. The summed E-state index contributed by atoms with van der Waals surface area (Å²) in [7, 11) is 1.60. The molecule has 0 N–H and O–H groups in total. The van der Waals surface area contributed by atoms with Crippen LogP contribution in [0.3, 0.4) is 0 Å². The molecule has 34 heavy (non-hydrogen) atoms. The van der Waals surface area contributed by atoms with E-state index in [9.17, 15) is 4.79 Å². The van der Waals surface area contributed by atoms with Crippen molar-refractivity contribution in [1.82, 2.24) is 4.98 Å². The van der Waals surface area contributed by atoms with Gasteiger partial charge >= 0.3 is 5.97 Å². The number of pyridine rings is 1. The molecule has 3 aromatic rings. The van der Waals surface area contributed by atoms with Gasteiger partial charge in [0.1, 0.15) is 5.76 Å². The number of ether oxygens (including phenoxy) is 3. The fraction of sp³-hybridized carbons (Fsp3) is 0.259. The quantitative estimate of drug-likeness (QED) is 0.247. The number of methoxy groups -OCH3 is 1. The maximum Gasteiger partial charge on any atom is 0.315 e. The highest BCUT2D eigenvalue weighted by Crippen LogP contribution is 2.36. The van der Waals surface area contributed by atoms with E-state index in [0.717, 1.165) is 31.2 Å². The van der Waals surface area contributed by atoms with Crippen molar-refractivity contribution >= 4 is 41.0 Å². The van der Waals surface area contributed by atoms with E-state index in [1.807, 2.05) is 42.5 Å². The Kier molecular flexibility index (Phi) is 8.09. The topological polar surface area (TPSA) is 57.7 Å². The Bertz CT molecular complexity index is 1150. The van der Waals surface area contributed by atoms with E-state index in [0.29, 0.717) is 38.4 Å². The molecule has 7 heteroatoms. The molecular formula is C27H25Cl2NO4. The molecule has 1 aromatic heterocycles. The maximum absolute atomic E-state index is 12.8. The summed E-state index contributed by atoms with van der Waals surface area (Å²) in [6, 6.07) is 14.8. The van der Waals surface area contributed by atoms with Crippen molar-refractivity contribution in [2.24, 2.45) is 0 Å². The summed E-state index contributed by atoms with van der Waals surface area (Å²) in [4.78, 5) is 16.8. The van der Waals surface area contributed by atoms with Crippen LogP contribution in [-0.4, -0.2) is 24.2 Å². The van der Waals surface area contributed by atoms with Gasteiger partial charge < -0.3 is 14.2 Å². The Labute approximate surface area is 209 Å². The summed E-state index contributed by atoms with van der Waals surface area (Å²) in [5.74, 6) is 1.11. The third kappa shape index (κ3) is 6.10. The summed E-state index contributed by atoms with van der Waals surface area (Å²) >= 11 is 12.7. The molecule has 0 unspecified atom stereocenters. The summed E-state index contributed by atoms with van der Waals surface area (Å²) < 4.78 is 17.6. The molecular weight excluding hydrogens is 473 g/mol. The number of nitrogens with zero attached hydrogens (tertiary/aromatic N) is 1. The minimum Gasteiger partial charge on any atom is -0.493 e. The average Bonchev–Trinajstić information content (AvgIpc) is 3.34. The first-order valence-corrected chi connectivity index (χ1v) is 11.9. The second kappa shape index (κ2) is 11.4. The monoisotopic (exact) mass is 497 g/mol. The van der Waals surface area contributed by atoms with Crippen LogP contribution in [0, 0.1) is 0 Å². The van der Waals surface area contributed by atoms with Gasteiger partial charge in [-0.15, -0.1) is 0 Å². The Morgan fingerprint density at radius 3 is 2.41 bits per heavy atom. The first-order chi connectivity index (χ1) is 16.5. The predicted octanol–water partition coefficient (Wildman–Crippen LogP) is 7.00. The predicted molar refractivity (Wildman–Crippen MR) is 134 cm³/mol. The fourth-order valence-electron chi connectivity index (χ4n) is 3.89. The van der Waals surface area contributed by atoms with Gasteiger partial charge in [-0.1, -0.05) is 53.5 Å². The number of benzene rings is 2. The van der Waals surface area contributed by atoms with Crippen LogP contribution in [0.2, 0.25) is 10.0 Å². The van der Waals surface area contributed by atoms with Crippen LogP contribution in [0.25, 0.3) is 11.8 Å². The summed E-state index contributed by atoms with van der Waals surface area (Å²) in [6.45, 7) is 0. The lowest BCUT2D eigenvalue weighted by Crippen LogP contribution is -2.12. The van der Waals surface area contributed by atoms with Crippen molar-refractivity contribution in [2.75, 3.05) is 7.11 Å². The van der Waals surface area contributed by atoms with Crippen LogP contribution in [-0.2, 0) is 16.0 Å². The number of hydrogen-bond acceptors (Lipinski definition) is 5. The SMILES string of the molecule is COc1ccc(C(=Cc2c(Cl)cncc2Cl)OC(=O)Cc2ccccc2)cc1OC1CCCC1. The van der Waals surface area contributed by atoms with Gasteiger partial charge in [-0.25, -0.2) is 0 Å². The minimum absolute atomic E-state index is 0.123. The van der Waals surface area contributed by atoms with E-state index in [2.05, 4.69) is 4.98 Å². The van der Waals surface area contributed by atoms with Gasteiger partial charge in [-0.05, 0) is 55.5 Å². The van der Waals surface area contributed by atoms with Gasteiger partial charge in [0, 0.05) is 23.5 Å². The summed E-state index contributed by atoms with van der Waals surface area (Å²) in [6.07, 6.45) is 9.20. The van der Waals surface area contributed by atoms with Crippen LogP contribution < -0.4 is 9.47 Å². The first kappa shape index (κ1) is 24.1. The molecule has 1 aliphatic carbocycles. The Hall–Kier alpha value is -3.02. The van der Waals surface area contributed by atoms with E-state index in [1.165, 1.54) is 12.4 Å². The van der Waals surface area contributed by atoms with Crippen LogP contribution in [0.4, 0.5) is 0 Å². The zero-order chi connectivity index (χ0) is 23.9. The van der Waals surface area contributed by atoms with E-state index < -0.39 is 5.97 Å². The third-order valence-electron chi connectivity index (χ3n) is 5.62. The Morgan fingerprint density at radius 2 is 1.74 bits per heavy atom. The molecule has 5 nitrogen and oxygen atoms in total. The van der Waals surface area contributed by atoms with Gasteiger partial charge in [0.25, 0.3) is 0 Å². The molecule has 0 spiro atoms. The molecule has 2 aromatic carbocycles. The normalized spacial score (nSPS) is 14.1. The smallest absolute Gasteiger partial charge is 0.315 e. The average molecular weight is 498 g/mol. The molecule has 1 saturated carbocycles. The van der Waals surface area contributed by atoms with Crippen molar-refractivity contribution in [3.63, 3.8) is 0 Å². The molecule has 1 heterocycles. The van der Waals surface area contributed by atoms with Crippen LogP contribution in [0.15, 0.2) is 60.9 Å². The second-order valence-corrected chi connectivity index (χ2v) is 8.87. The van der Waals surface area contributed by atoms with Crippen molar-refractivity contribution in [3.8, 4) is 11.5 Å². The largest absolute Gasteiger partial charge is 0.493 e. The third-order valence-corrected chi connectivity index (χ3v) is 6.23. The molecule has 1 fully saturated rings.